The molecule has 98 valence electrons. The fraction of sp³-hybridized carbons (Fsp3) is 0.533. The van der Waals surface area contributed by atoms with E-state index in [1.807, 2.05) is 12.1 Å². The van der Waals surface area contributed by atoms with Crippen molar-refractivity contribution in [1.82, 2.24) is 4.90 Å². The third-order valence-electron chi connectivity index (χ3n) is 4.32. The quantitative estimate of drug-likeness (QED) is 0.825. The summed E-state index contributed by atoms with van der Waals surface area (Å²) < 4.78 is 0. The summed E-state index contributed by atoms with van der Waals surface area (Å²) >= 11 is 0. The molecule has 1 N–H and O–H groups in total. The molecule has 1 aliphatic carbocycles. The smallest absolute Gasteiger partial charge is 0.407 e. The highest BCUT2D eigenvalue weighted by Crippen LogP contribution is 2.52. The molecule has 0 saturated heterocycles. The number of amides is 1. The molecule has 0 aliphatic heterocycles. The summed E-state index contributed by atoms with van der Waals surface area (Å²) in [6.45, 7) is 6.36. The lowest BCUT2D eigenvalue weighted by molar-refractivity contribution is 0.0148. The first-order valence-corrected chi connectivity index (χ1v) is 6.36. The van der Waals surface area contributed by atoms with Gasteiger partial charge in [0.1, 0.15) is 0 Å². The summed E-state index contributed by atoms with van der Waals surface area (Å²) in [6.07, 6.45) is 0.950. The van der Waals surface area contributed by atoms with Crippen molar-refractivity contribution in [2.75, 3.05) is 7.05 Å². The van der Waals surface area contributed by atoms with Crippen molar-refractivity contribution >= 4 is 6.09 Å². The highest BCUT2D eigenvalue weighted by atomic mass is 16.4. The Morgan fingerprint density at radius 2 is 1.94 bits per heavy atom. The maximum absolute atomic E-state index is 11.5. The molecular weight excluding hydrogens is 226 g/mol. The van der Waals surface area contributed by atoms with Gasteiger partial charge in [-0.15, -0.1) is 0 Å². The van der Waals surface area contributed by atoms with Gasteiger partial charge in [0.25, 0.3) is 0 Å². The number of nitrogens with zero attached hydrogens (tertiary/aromatic N) is 1. The van der Waals surface area contributed by atoms with Crippen LogP contribution in [0.3, 0.4) is 0 Å². The maximum Gasteiger partial charge on any atom is 0.407 e. The van der Waals surface area contributed by atoms with Gasteiger partial charge in [-0.05, 0) is 29.4 Å². The molecule has 0 saturated carbocycles. The molecule has 18 heavy (non-hydrogen) atoms. The number of rotatable bonds is 1. The molecule has 2 rings (SSSR count). The molecule has 0 bridgehead atoms. The Morgan fingerprint density at radius 1 is 1.33 bits per heavy atom. The summed E-state index contributed by atoms with van der Waals surface area (Å²) in [6, 6.07) is 8.21. The van der Waals surface area contributed by atoms with Crippen molar-refractivity contribution in [3.63, 3.8) is 0 Å². The van der Waals surface area contributed by atoms with Crippen molar-refractivity contribution in [1.29, 1.82) is 0 Å². The molecule has 0 aromatic heterocycles. The first-order chi connectivity index (χ1) is 8.30. The number of carbonyl (C=O) groups is 1. The van der Waals surface area contributed by atoms with Gasteiger partial charge >= 0.3 is 6.09 Å². The van der Waals surface area contributed by atoms with Crippen molar-refractivity contribution in [2.45, 2.75) is 39.2 Å². The Kier molecular flexibility index (Phi) is 2.88. The molecule has 1 aromatic rings. The topological polar surface area (TPSA) is 40.5 Å². The van der Waals surface area contributed by atoms with Crippen LogP contribution in [0, 0.1) is 5.41 Å². The molecule has 1 atom stereocenters. The van der Waals surface area contributed by atoms with Gasteiger partial charge in [-0.3, -0.25) is 0 Å². The monoisotopic (exact) mass is 247 g/mol. The molecule has 0 spiro atoms. The van der Waals surface area contributed by atoms with Gasteiger partial charge < -0.3 is 10.0 Å². The average molecular weight is 247 g/mol. The molecule has 0 fully saturated rings. The van der Waals surface area contributed by atoms with E-state index in [1.165, 1.54) is 16.0 Å². The zero-order valence-corrected chi connectivity index (χ0v) is 11.5. The van der Waals surface area contributed by atoms with E-state index in [9.17, 15) is 9.90 Å². The molecule has 0 heterocycles. The summed E-state index contributed by atoms with van der Waals surface area (Å²) in [5.74, 6) is 0. The van der Waals surface area contributed by atoms with Gasteiger partial charge in [0.2, 0.25) is 0 Å². The van der Waals surface area contributed by atoms with Gasteiger partial charge in [-0.25, -0.2) is 4.79 Å². The second-order valence-corrected chi connectivity index (χ2v) is 6.11. The first-order valence-electron chi connectivity index (χ1n) is 6.36. The van der Waals surface area contributed by atoms with Crippen LogP contribution < -0.4 is 0 Å². The standard InChI is InChI=1S/C15H21NO2/c1-14(2,3)15(16(4)13(17)18)10-9-11-7-5-6-8-12(11)15/h5-8H,9-10H2,1-4H3,(H,17,18)/t15-/m1/s1. The average Bonchev–Trinajstić information content (AvgIpc) is 2.67. The molecule has 1 aliphatic rings. The lowest BCUT2D eigenvalue weighted by atomic mass is 9.69. The van der Waals surface area contributed by atoms with Crippen LogP contribution in [0.2, 0.25) is 0 Å². The van der Waals surface area contributed by atoms with Gasteiger partial charge in [0.15, 0.2) is 0 Å². The minimum absolute atomic E-state index is 0.132. The van der Waals surface area contributed by atoms with Crippen LogP contribution in [0.15, 0.2) is 24.3 Å². The molecule has 0 unspecified atom stereocenters. The molecule has 1 amide bonds. The normalized spacial score (nSPS) is 22.7. The summed E-state index contributed by atoms with van der Waals surface area (Å²) in [5.41, 5.74) is 1.89. The molecular formula is C15H21NO2. The Balaban J connectivity index is 2.64. The minimum atomic E-state index is -0.860. The van der Waals surface area contributed by atoms with Gasteiger partial charge in [-0.2, -0.15) is 0 Å². The third kappa shape index (κ3) is 1.61. The SMILES string of the molecule is CN(C(=O)O)[C@]1(C(C)(C)C)CCc2ccccc21. The van der Waals surface area contributed by atoms with E-state index < -0.39 is 11.6 Å². The largest absolute Gasteiger partial charge is 0.465 e. The van der Waals surface area contributed by atoms with E-state index in [2.05, 4.69) is 32.9 Å². The van der Waals surface area contributed by atoms with Crippen LogP contribution in [0.5, 0.6) is 0 Å². The maximum atomic E-state index is 11.5. The molecule has 0 radical (unpaired) electrons. The van der Waals surface area contributed by atoms with E-state index in [1.54, 1.807) is 7.05 Å². The molecule has 3 nitrogen and oxygen atoms in total. The van der Waals surface area contributed by atoms with Crippen LogP contribution in [0.25, 0.3) is 0 Å². The third-order valence-corrected chi connectivity index (χ3v) is 4.32. The van der Waals surface area contributed by atoms with E-state index in [0.29, 0.717) is 0 Å². The molecule has 1 aromatic carbocycles. The molecule has 3 heteroatoms. The highest BCUT2D eigenvalue weighted by Gasteiger charge is 2.52. The summed E-state index contributed by atoms with van der Waals surface area (Å²) in [5, 5.41) is 9.42. The number of benzene rings is 1. The zero-order valence-electron chi connectivity index (χ0n) is 11.5. The summed E-state index contributed by atoms with van der Waals surface area (Å²) in [7, 11) is 1.69. The van der Waals surface area contributed by atoms with E-state index >= 15 is 0 Å². The fourth-order valence-corrected chi connectivity index (χ4v) is 3.39. The minimum Gasteiger partial charge on any atom is -0.465 e. The van der Waals surface area contributed by atoms with E-state index in [4.69, 9.17) is 0 Å². The number of aryl methyl sites for hydroxylation is 1. The lowest BCUT2D eigenvalue weighted by Gasteiger charge is -2.48. The van der Waals surface area contributed by atoms with E-state index in [0.717, 1.165) is 12.8 Å². The second kappa shape index (κ2) is 4.01. The predicted molar refractivity (Wildman–Crippen MR) is 71.7 cm³/mol. The fourth-order valence-electron chi connectivity index (χ4n) is 3.39. The number of fused-ring (bicyclic) bond motifs is 1. The Hall–Kier alpha value is -1.51. The predicted octanol–water partition coefficient (Wildman–Crippen LogP) is 3.48. The van der Waals surface area contributed by atoms with Crippen LogP contribution in [0.4, 0.5) is 4.79 Å². The van der Waals surface area contributed by atoms with Gasteiger partial charge in [0.05, 0.1) is 5.54 Å². The van der Waals surface area contributed by atoms with Crippen LogP contribution in [0.1, 0.15) is 38.3 Å². The van der Waals surface area contributed by atoms with Crippen molar-refractivity contribution in [3.8, 4) is 0 Å². The van der Waals surface area contributed by atoms with E-state index in [-0.39, 0.29) is 5.41 Å². The van der Waals surface area contributed by atoms with Gasteiger partial charge in [0, 0.05) is 7.05 Å². The zero-order chi connectivity index (χ0) is 13.6. The number of carboxylic acid groups (broad SMARTS) is 1. The Labute approximate surface area is 108 Å². The van der Waals surface area contributed by atoms with Gasteiger partial charge in [-0.1, -0.05) is 45.0 Å². The van der Waals surface area contributed by atoms with Crippen molar-refractivity contribution < 1.29 is 9.90 Å². The lowest BCUT2D eigenvalue weighted by Crippen LogP contribution is -2.53. The van der Waals surface area contributed by atoms with Crippen molar-refractivity contribution in [2.24, 2.45) is 5.41 Å². The second-order valence-electron chi connectivity index (χ2n) is 6.11. The van der Waals surface area contributed by atoms with Crippen molar-refractivity contribution in [3.05, 3.63) is 35.4 Å². The van der Waals surface area contributed by atoms with Crippen LogP contribution in [-0.2, 0) is 12.0 Å². The summed E-state index contributed by atoms with van der Waals surface area (Å²) in [4.78, 5) is 13.0. The van der Waals surface area contributed by atoms with Crippen LogP contribution in [-0.4, -0.2) is 23.1 Å². The number of hydrogen-bond donors (Lipinski definition) is 1. The number of hydrogen-bond acceptors (Lipinski definition) is 1. The highest BCUT2D eigenvalue weighted by molar-refractivity contribution is 5.67. The Morgan fingerprint density at radius 3 is 2.50 bits per heavy atom. The van der Waals surface area contributed by atoms with Crippen LogP contribution >= 0.6 is 0 Å². The Bertz CT molecular complexity index is 476. The first kappa shape index (κ1) is 12.9.